The van der Waals surface area contributed by atoms with Gasteiger partial charge in [-0.25, -0.2) is 4.99 Å². The van der Waals surface area contributed by atoms with Crippen molar-refractivity contribution in [2.75, 3.05) is 0 Å². The highest BCUT2D eigenvalue weighted by Crippen LogP contribution is 2.22. The summed E-state index contributed by atoms with van der Waals surface area (Å²) in [6.45, 7) is 2.07. The summed E-state index contributed by atoms with van der Waals surface area (Å²) in [5.74, 6) is 0. The number of aryl methyl sites for hydroxylation is 1. The molecule has 0 bridgehead atoms. The van der Waals surface area contributed by atoms with Crippen LogP contribution in [0.2, 0.25) is 0 Å². The Bertz CT molecular complexity index is 1160. The summed E-state index contributed by atoms with van der Waals surface area (Å²) in [6.07, 6.45) is 1.95. The van der Waals surface area contributed by atoms with Gasteiger partial charge in [-0.05, 0) is 41.8 Å². The van der Waals surface area contributed by atoms with E-state index in [9.17, 15) is 0 Å². The molecule has 4 aromatic carbocycles. The average molecular weight is 389 g/mol. The summed E-state index contributed by atoms with van der Waals surface area (Å²) in [5, 5.41) is 0. The quantitative estimate of drug-likeness (QED) is 0.376. The van der Waals surface area contributed by atoms with Gasteiger partial charge in [-0.2, -0.15) is 0 Å². The maximum absolute atomic E-state index is 6.44. The number of aliphatic imine (C=N–C) groups is 1. The molecule has 2 nitrogen and oxygen atoms in total. The Morgan fingerprint density at radius 3 is 1.80 bits per heavy atom. The number of rotatable bonds is 5. The van der Waals surface area contributed by atoms with Gasteiger partial charge in [0.25, 0.3) is 0 Å². The maximum Gasteiger partial charge on any atom is 0.0729 e. The van der Waals surface area contributed by atoms with E-state index in [1.54, 1.807) is 0 Å². The van der Waals surface area contributed by atoms with Crippen molar-refractivity contribution in [2.24, 2.45) is 10.7 Å². The van der Waals surface area contributed by atoms with Gasteiger partial charge in [0.15, 0.2) is 0 Å². The monoisotopic (exact) mass is 388 g/mol. The molecule has 0 aliphatic carbocycles. The van der Waals surface area contributed by atoms with Gasteiger partial charge in [0, 0.05) is 11.3 Å². The average Bonchev–Trinajstić information content (AvgIpc) is 2.80. The lowest BCUT2D eigenvalue weighted by Gasteiger charge is -2.08. The number of hydrogen-bond donors (Lipinski definition) is 1. The first kappa shape index (κ1) is 19.4. The Morgan fingerprint density at radius 1 is 0.633 bits per heavy atom. The first-order valence-corrected chi connectivity index (χ1v) is 10.0. The van der Waals surface area contributed by atoms with Gasteiger partial charge in [0.1, 0.15) is 0 Å². The number of benzene rings is 4. The smallest absolute Gasteiger partial charge is 0.0729 e. The third kappa shape index (κ3) is 4.73. The molecular formula is C28H24N2. The second-order valence-corrected chi connectivity index (χ2v) is 7.24. The Morgan fingerprint density at radius 2 is 1.17 bits per heavy atom. The SMILES string of the molecule is Cc1ccc(/C(N)=C/C(=Nc2ccccc2)c2ccc(-c3ccccc3)cc2)cc1. The second kappa shape index (κ2) is 9.06. The minimum Gasteiger partial charge on any atom is -0.398 e. The van der Waals surface area contributed by atoms with Crippen molar-refractivity contribution in [3.05, 3.63) is 132 Å². The zero-order valence-corrected chi connectivity index (χ0v) is 17.0. The lowest BCUT2D eigenvalue weighted by atomic mass is 10.0. The molecule has 0 atom stereocenters. The Balaban J connectivity index is 1.73. The molecule has 0 heterocycles. The minimum absolute atomic E-state index is 0.691. The molecule has 146 valence electrons. The van der Waals surface area contributed by atoms with E-state index in [1.165, 1.54) is 16.7 Å². The summed E-state index contributed by atoms with van der Waals surface area (Å²) in [7, 11) is 0. The summed E-state index contributed by atoms with van der Waals surface area (Å²) < 4.78 is 0. The lowest BCUT2D eigenvalue weighted by Crippen LogP contribution is -2.03. The molecule has 0 aromatic heterocycles. The van der Waals surface area contributed by atoms with Crippen LogP contribution in [0.3, 0.4) is 0 Å². The second-order valence-electron chi connectivity index (χ2n) is 7.24. The fourth-order valence-corrected chi connectivity index (χ4v) is 3.26. The van der Waals surface area contributed by atoms with Gasteiger partial charge < -0.3 is 5.73 Å². The van der Waals surface area contributed by atoms with Gasteiger partial charge in [0.05, 0.1) is 11.4 Å². The molecule has 0 spiro atoms. The fraction of sp³-hybridized carbons (Fsp3) is 0.0357. The van der Waals surface area contributed by atoms with E-state index in [0.29, 0.717) is 5.70 Å². The molecule has 0 saturated carbocycles. The molecule has 0 amide bonds. The van der Waals surface area contributed by atoms with Crippen molar-refractivity contribution < 1.29 is 0 Å². The highest BCUT2D eigenvalue weighted by Gasteiger charge is 2.06. The molecule has 2 N–H and O–H groups in total. The van der Waals surface area contributed by atoms with Crippen LogP contribution in [0.25, 0.3) is 16.8 Å². The summed E-state index contributed by atoms with van der Waals surface area (Å²) in [6, 6.07) is 37.0. The van der Waals surface area contributed by atoms with E-state index in [-0.39, 0.29) is 0 Å². The van der Waals surface area contributed by atoms with Crippen molar-refractivity contribution in [3.63, 3.8) is 0 Å². The van der Waals surface area contributed by atoms with E-state index >= 15 is 0 Å². The van der Waals surface area contributed by atoms with Crippen molar-refractivity contribution in [1.82, 2.24) is 0 Å². The molecule has 0 saturated heterocycles. The van der Waals surface area contributed by atoms with Gasteiger partial charge in [-0.3, -0.25) is 0 Å². The van der Waals surface area contributed by atoms with Crippen LogP contribution in [0.4, 0.5) is 5.69 Å². The van der Waals surface area contributed by atoms with E-state index in [1.807, 2.05) is 54.6 Å². The minimum atomic E-state index is 0.691. The molecule has 30 heavy (non-hydrogen) atoms. The van der Waals surface area contributed by atoms with Crippen molar-refractivity contribution in [1.29, 1.82) is 0 Å². The van der Waals surface area contributed by atoms with Gasteiger partial charge in [0.2, 0.25) is 0 Å². The van der Waals surface area contributed by atoms with Crippen LogP contribution in [0.1, 0.15) is 16.7 Å². The number of allylic oxidation sites excluding steroid dienone is 1. The highest BCUT2D eigenvalue weighted by molar-refractivity contribution is 6.13. The summed E-state index contributed by atoms with van der Waals surface area (Å²) >= 11 is 0. The standard InChI is InChI=1S/C28H24N2/c1-21-12-14-24(15-13-21)27(29)20-28(30-26-10-6-3-7-11-26)25-18-16-23(17-19-25)22-8-4-2-5-9-22/h2-20H,29H2,1H3/b27-20-,30-28?. The molecule has 0 aliphatic heterocycles. The largest absolute Gasteiger partial charge is 0.398 e. The Hall–Kier alpha value is -3.91. The first-order valence-electron chi connectivity index (χ1n) is 10.0. The molecule has 4 aromatic rings. The van der Waals surface area contributed by atoms with Crippen LogP contribution in [0.15, 0.2) is 120 Å². The third-order valence-corrected chi connectivity index (χ3v) is 4.97. The predicted octanol–water partition coefficient (Wildman–Crippen LogP) is 6.78. The zero-order chi connectivity index (χ0) is 20.8. The van der Waals surface area contributed by atoms with Crippen LogP contribution in [0.5, 0.6) is 0 Å². The van der Waals surface area contributed by atoms with Crippen LogP contribution in [-0.2, 0) is 0 Å². The third-order valence-electron chi connectivity index (χ3n) is 4.97. The normalized spacial score (nSPS) is 12.0. The number of hydrogen-bond acceptors (Lipinski definition) is 2. The van der Waals surface area contributed by atoms with Crippen LogP contribution < -0.4 is 5.73 Å². The molecular weight excluding hydrogens is 364 g/mol. The zero-order valence-electron chi connectivity index (χ0n) is 17.0. The van der Waals surface area contributed by atoms with E-state index in [2.05, 4.69) is 67.6 Å². The molecule has 2 heteroatoms. The summed E-state index contributed by atoms with van der Waals surface area (Å²) in [4.78, 5) is 4.87. The highest BCUT2D eigenvalue weighted by atomic mass is 14.7. The Labute approximate surface area is 178 Å². The van der Waals surface area contributed by atoms with Gasteiger partial charge in [-0.15, -0.1) is 0 Å². The number of nitrogens with two attached hydrogens (primary N) is 1. The number of nitrogens with zero attached hydrogens (tertiary/aromatic N) is 1. The summed E-state index contributed by atoms with van der Waals surface area (Å²) in [5.41, 5.74) is 14.4. The van der Waals surface area contributed by atoms with E-state index < -0.39 is 0 Å². The maximum atomic E-state index is 6.44. The molecule has 0 radical (unpaired) electrons. The van der Waals surface area contributed by atoms with Crippen LogP contribution >= 0.6 is 0 Å². The fourth-order valence-electron chi connectivity index (χ4n) is 3.26. The van der Waals surface area contributed by atoms with Crippen LogP contribution in [0, 0.1) is 6.92 Å². The topological polar surface area (TPSA) is 38.4 Å². The molecule has 0 aliphatic rings. The van der Waals surface area contributed by atoms with Gasteiger partial charge in [-0.1, -0.05) is 103 Å². The van der Waals surface area contributed by atoms with Crippen molar-refractivity contribution >= 4 is 17.1 Å². The molecule has 0 unspecified atom stereocenters. The lowest BCUT2D eigenvalue weighted by molar-refractivity contribution is 1.43. The predicted molar refractivity (Wildman–Crippen MR) is 128 cm³/mol. The Kier molecular flexibility index (Phi) is 5.86. The van der Waals surface area contributed by atoms with Crippen molar-refractivity contribution in [2.45, 2.75) is 6.92 Å². The number of para-hydroxylation sites is 1. The first-order chi connectivity index (χ1) is 14.7. The van der Waals surface area contributed by atoms with Crippen LogP contribution in [-0.4, -0.2) is 5.71 Å². The van der Waals surface area contributed by atoms with Crippen molar-refractivity contribution in [3.8, 4) is 11.1 Å². The van der Waals surface area contributed by atoms with Gasteiger partial charge >= 0.3 is 0 Å². The molecule has 4 rings (SSSR count). The molecule has 0 fully saturated rings. The van der Waals surface area contributed by atoms with E-state index in [4.69, 9.17) is 10.7 Å². The van der Waals surface area contributed by atoms with E-state index in [0.717, 1.165) is 22.5 Å².